The van der Waals surface area contributed by atoms with Crippen molar-refractivity contribution in [3.63, 3.8) is 0 Å². The molecule has 0 bridgehead atoms. The smallest absolute Gasteiger partial charge is 0.335 e. The second-order valence-electron chi connectivity index (χ2n) is 4.74. The summed E-state index contributed by atoms with van der Waals surface area (Å²) in [7, 11) is 0. The number of carboxylic acids is 2. The molecule has 0 radical (unpaired) electrons. The number of hydrogen-bond donors (Lipinski definition) is 4. The van der Waals surface area contributed by atoms with Crippen molar-refractivity contribution in [2.45, 2.75) is 12.2 Å². The zero-order valence-corrected chi connectivity index (χ0v) is 11.4. The summed E-state index contributed by atoms with van der Waals surface area (Å²) >= 11 is 0. The van der Waals surface area contributed by atoms with Gasteiger partial charge in [-0.1, -0.05) is 24.3 Å². The molecule has 0 amide bonds. The van der Waals surface area contributed by atoms with Gasteiger partial charge in [0.25, 0.3) is 0 Å². The van der Waals surface area contributed by atoms with Crippen LogP contribution in [0.5, 0.6) is 0 Å². The Labute approximate surface area is 125 Å². The van der Waals surface area contributed by atoms with Gasteiger partial charge < -0.3 is 20.4 Å². The van der Waals surface area contributed by atoms with Gasteiger partial charge >= 0.3 is 11.9 Å². The van der Waals surface area contributed by atoms with Gasteiger partial charge in [-0.15, -0.1) is 0 Å². The second-order valence-corrected chi connectivity index (χ2v) is 4.74. The quantitative estimate of drug-likeness (QED) is 0.670. The van der Waals surface area contributed by atoms with Gasteiger partial charge in [-0.3, -0.25) is 0 Å². The van der Waals surface area contributed by atoms with Crippen molar-refractivity contribution in [2.24, 2.45) is 0 Å². The molecule has 114 valence electrons. The first kappa shape index (κ1) is 15.7. The van der Waals surface area contributed by atoms with Crippen LogP contribution < -0.4 is 0 Å². The van der Waals surface area contributed by atoms with Crippen LogP contribution in [0.3, 0.4) is 0 Å². The molecule has 2 unspecified atom stereocenters. The lowest BCUT2D eigenvalue weighted by Crippen LogP contribution is -2.11. The lowest BCUT2D eigenvalue weighted by atomic mass is 9.97. The Hall–Kier alpha value is -2.70. The Morgan fingerprint density at radius 1 is 0.636 bits per heavy atom. The van der Waals surface area contributed by atoms with Crippen molar-refractivity contribution < 1.29 is 30.0 Å². The topological polar surface area (TPSA) is 115 Å². The largest absolute Gasteiger partial charge is 0.478 e. The van der Waals surface area contributed by atoms with E-state index in [4.69, 9.17) is 10.2 Å². The van der Waals surface area contributed by atoms with Crippen molar-refractivity contribution in [3.05, 3.63) is 70.8 Å². The first-order valence-corrected chi connectivity index (χ1v) is 6.43. The van der Waals surface area contributed by atoms with Crippen LogP contribution in [0.2, 0.25) is 0 Å². The van der Waals surface area contributed by atoms with Crippen LogP contribution in [0.15, 0.2) is 48.5 Å². The Bertz CT molecular complexity index is 613. The molecule has 6 heteroatoms. The predicted octanol–water partition coefficient (Wildman–Crippen LogP) is 1.85. The van der Waals surface area contributed by atoms with E-state index < -0.39 is 24.1 Å². The molecular formula is C16H14O6. The van der Waals surface area contributed by atoms with E-state index in [-0.39, 0.29) is 11.1 Å². The van der Waals surface area contributed by atoms with E-state index in [1.54, 1.807) is 0 Å². The van der Waals surface area contributed by atoms with Gasteiger partial charge in [0.2, 0.25) is 0 Å². The molecule has 2 aromatic rings. The van der Waals surface area contributed by atoms with Crippen LogP contribution in [-0.4, -0.2) is 32.4 Å². The van der Waals surface area contributed by atoms with Crippen molar-refractivity contribution in [1.82, 2.24) is 0 Å². The fourth-order valence-electron chi connectivity index (χ4n) is 2.01. The first-order valence-electron chi connectivity index (χ1n) is 6.43. The SMILES string of the molecule is O=C(O)c1ccc(C(O)C(O)c2ccc(C(=O)O)cc2)cc1. The molecule has 0 heterocycles. The van der Waals surface area contributed by atoms with Crippen molar-refractivity contribution in [3.8, 4) is 0 Å². The number of aliphatic hydroxyl groups excluding tert-OH is 2. The lowest BCUT2D eigenvalue weighted by molar-refractivity contribution is 0.0172. The molecule has 4 N–H and O–H groups in total. The van der Waals surface area contributed by atoms with Crippen molar-refractivity contribution in [2.75, 3.05) is 0 Å². The Morgan fingerprint density at radius 2 is 0.909 bits per heavy atom. The molecular weight excluding hydrogens is 288 g/mol. The fourth-order valence-corrected chi connectivity index (χ4v) is 2.01. The van der Waals surface area contributed by atoms with Gasteiger partial charge in [0, 0.05) is 0 Å². The summed E-state index contributed by atoms with van der Waals surface area (Å²) in [4.78, 5) is 21.5. The predicted molar refractivity (Wildman–Crippen MR) is 76.7 cm³/mol. The summed E-state index contributed by atoms with van der Waals surface area (Å²) < 4.78 is 0. The molecule has 2 atom stereocenters. The maximum absolute atomic E-state index is 10.8. The van der Waals surface area contributed by atoms with Gasteiger partial charge in [0.05, 0.1) is 11.1 Å². The third kappa shape index (κ3) is 3.30. The number of benzene rings is 2. The van der Waals surface area contributed by atoms with E-state index >= 15 is 0 Å². The van der Waals surface area contributed by atoms with Gasteiger partial charge in [-0.05, 0) is 35.4 Å². The Morgan fingerprint density at radius 3 is 1.14 bits per heavy atom. The van der Waals surface area contributed by atoms with Crippen LogP contribution >= 0.6 is 0 Å². The van der Waals surface area contributed by atoms with Crippen molar-refractivity contribution in [1.29, 1.82) is 0 Å². The van der Waals surface area contributed by atoms with Crippen LogP contribution in [0.1, 0.15) is 44.1 Å². The zero-order chi connectivity index (χ0) is 16.3. The lowest BCUT2D eigenvalue weighted by Gasteiger charge is -2.18. The van der Waals surface area contributed by atoms with Crippen LogP contribution in [0.25, 0.3) is 0 Å². The highest BCUT2D eigenvalue weighted by Gasteiger charge is 2.20. The van der Waals surface area contributed by atoms with Gasteiger partial charge in [-0.2, -0.15) is 0 Å². The van der Waals surface area contributed by atoms with Crippen LogP contribution in [0.4, 0.5) is 0 Å². The summed E-state index contributed by atoms with van der Waals surface area (Å²) in [6, 6.07) is 11.0. The summed E-state index contributed by atoms with van der Waals surface area (Å²) in [5.41, 5.74) is 0.882. The molecule has 0 aliphatic carbocycles. The van der Waals surface area contributed by atoms with E-state index in [1.807, 2.05) is 0 Å². The maximum atomic E-state index is 10.8. The second kappa shape index (κ2) is 6.38. The van der Waals surface area contributed by atoms with Gasteiger partial charge in [-0.25, -0.2) is 9.59 Å². The van der Waals surface area contributed by atoms with E-state index in [9.17, 15) is 19.8 Å². The molecule has 2 rings (SSSR count). The van der Waals surface area contributed by atoms with E-state index in [1.165, 1.54) is 48.5 Å². The highest BCUT2D eigenvalue weighted by atomic mass is 16.4. The molecule has 0 aliphatic heterocycles. The fraction of sp³-hybridized carbons (Fsp3) is 0.125. The standard InChI is InChI=1S/C16H14O6/c17-13(9-1-5-11(6-2-9)15(19)20)14(18)10-3-7-12(8-4-10)16(21)22/h1-8,13-14,17-18H,(H,19,20)(H,21,22). The monoisotopic (exact) mass is 302 g/mol. The highest BCUT2D eigenvalue weighted by Crippen LogP contribution is 2.29. The Balaban J connectivity index is 2.18. The number of carbonyl (C=O) groups is 2. The summed E-state index contributed by atoms with van der Waals surface area (Å²) in [6.07, 6.45) is -2.50. The van der Waals surface area contributed by atoms with Crippen LogP contribution in [0, 0.1) is 0 Å². The number of aliphatic hydroxyl groups is 2. The van der Waals surface area contributed by atoms with Crippen molar-refractivity contribution >= 4 is 11.9 Å². The Kier molecular flexibility index (Phi) is 4.55. The maximum Gasteiger partial charge on any atom is 0.335 e. The molecule has 0 saturated heterocycles. The van der Waals surface area contributed by atoms with Crippen LogP contribution in [-0.2, 0) is 0 Å². The molecule has 0 fully saturated rings. The van der Waals surface area contributed by atoms with E-state index in [2.05, 4.69) is 0 Å². The molecule has 6 nitrogen and oxygen atoms in total. The van der Waals surface area contributed by atoms with Gasteiger partial charge in [0.15, 0.2) is 0 Å². The van der Waals surface area contributed by atoms with E-state index in [0.29, 0.717) is 11.1 Å². The number of carboxylic acid groups (broad SMARTS) is 2. The highest BCUT2D eigenvalue weighted by molar-refractivity contribution is 5.88. The number of hydrogen-bond acceptors (Lipinski definition) is 4. The minimum absolute atomic E-state index is 0.0799. The average molecular weight is 302 g/mol. The molecule has 0 spiro atoms. The molecule has 22 heavy (non-hydrogen) atoms. The minimum Gasteiger partial charge on any atom is -0.478 e. The summed E-state index contributed by atoms with van der Waals surface area (Å²) in [6.45, 7) is 0. The first-order chi connectivity index (χ1) is 10.4. The van der Waals surface area contributed by atoms with E-state index in [0.717, 1.165) is 0 Å². The average Bonchev–Trinajstić information content (AvgIpc) is 2.53. The normalized spacial score (nSPS) is 13.4. The molecule has 2 aromatic carbocycles. The minimum atomic E-state index is -1.25. The summed E-state index contributed by atoms with van der Waals surface area (Å²) in [5.74, 6) is -2.16. The number of rotatable bonds is 5. The zero-order valence-electron chi connectivity index (χ0n) is 11.4. The molecule has 0 aromatic heterocycles. The summed E-state index contributed by atoms with van der Waals surface area (Å²) in [5, 5.41) is 37.9. The third-order valence-electron chi connectivity index (χ3n) is 3.30. The molecule has 0 aliphatic rings. The molecule has 0 saturated carbocycles. The van der Waals surface area contributed by atoms with Gasteiger partial charge in [0.1, 0.15) is 12.2 Å². The number of aromatic carboxylic acids is 2. The third-order valence-corrected chi connectivity index (χ3v) is 3.30.